The van der Waals surface area contributed by atoms with Gasteiger partial charge in [-0.2, -0.15) is 0 Å². The highest BCUT2D eigenvalue weighted by molar-refractivity contribution is 6.22. The van der Waals surface area contributed by atoms with E-state index in [0.29, 0.717) is 0 Å². The number of benzene rings is 2. The van der Waals surface area contributed by atoms with Gasteiger partial charge in [-0.3, -0.25) is 4.79 Å². The Morgan fingerprint density at radius 2 is 1.77 bits per heavy atom. The summed E-state index contributed by atoms with van der Waals surface area (Å²) in [6.07, 6.45) is 2.83. The van der Waals surface area contributed by atoms with E-state index in [-0.39, 0.29) is 5.78 Å². The molecule has 1 aromatic heterocycles. The number of fused-ring (bicyclic) bond motifs is 2. The zero-order valence-electron chi connectivity index (χ0n) is 12.8. The van der Waals surface area contributed by atoms with Gasteiger partial charge in [-0.05, 0) is 41.3 Å². The third-order valence-corrected chi connectivity index (χ3v) is 4.54. The van der Waals surface area contributed by atoms with Crippen LogP contribution >= 0.6 is 0 Å². The first-order valence-corrected chi connectivity index (χ1v) is 7.63. The number of aryl methyl sites for hydroxylation is 1. The van der Waals surface area contributed by atoms with Crippen molar-refractivity contribution in [1.29, 1.82) is 0 Å². The number of allylic oxidation sites excluding steroid dienone is 1. The van der Waals surface area contributed by atoms with Crippen LogP contribution in [0.4, 0.5) is 0 Å². The second kappa shape index (κ2) is 4.70. The van der Waals surface area contributed by atoms with Crippen molar-refractivity contribution in [1.82, 2.24) is 4.57 Å². The smallest absolute Gasteiger partial charge is 0.190 e. The first-order chi connectivity index (χ1) is 10.7. The van der Waals surface area contributed by atoms with Crippen LogP contribution in [0.5, 0.6) is 0 Å². The van der Waals surface area contributed by atoms with E-state index >= 15 is 0 Å². The van der Waals surface area contributed by atoms with Crippen LogP contribution in [0.3, 0.4) is 0 Å². The van der Waals surface area contributed by atoms with E-state index in [1.165, 1.54) is 10.9 Å². The summed E-state index contributed by atoms with van der Waals surface area (Å²) in [6.45, 7) is 2.06. The van der Waals surface area contributed by atoms with Gasteiger partial charge in [0.1, 0.15) is 0 Å². The van der Waals surface area contributed by atoms with Crippen molar-refractivity contribution < 1.29 is 4.79 Å². The lowest BCUT2D eigenvalue weighted by Gasteiger charge is -2.08. The molecule has 0 amide bonds. The Morgan fingerprint density at radius 1 is 1.00 bits per heavy atom. The third kappa shape index (κ3) is 1.70. The zero-order valence-corrected chi connectivity index (χ0v) is 12.8. The lowest BCUT2D eigenvalue weighted by atomic mass is 9.96. The molecule has 2 heteroatoms. The molecule has 22 heavy (non-hydrogen) atoms. The quantitative estimate of drug-likeness (QED) is 0.676. The molecule has 0 saturated heterocycles. The average molecular weight is 287 g/mol. The second-order valence-electron chi connectivity index (χ2n) is 5.78. The number of hydrogen-bond acceptors (Lipinski definition) is 1. The number of Topliss-reactive ketones (excluding diaryl/α,β-unsaturated/α-hetero) is 1. The van der Waals surface area contributed by atoms with E-state index in [0.717, 1.165) is 34.3 Å². The van der Waals surface area contributed by atoms with Gasteiger partial charge < -0.3 is 4.57 Å². The summed E-state index contributed by atoms with van der Waals surface area (Å²) in [5, 5.41) is 1.21. The van der Waals surface area contributed by atoms with E-state index < -0.39 is 0 Å². The van der Waals surface area contributed by atoms with Crippen LogP contribution in [0.25, 0.3) is 16.5 Å². The van der Waals surface area contributed by atoms with Crippen LogP contribution in [0.2, 0.25) is 0 Å². The predicted octanol–water partition coefficient (Wildman–Crippen LogP) is 4.59. The first kappa shape index (κ1) is 13.1. The van der Waals surface area contributed by atoms with Crippen molar-refractivity contribution in [2.24, 2.45) is 7.05 Å². The zero-order chi connectivity index (χ0) is 15.3. The minimum absolute atomic E-state index is 0.182. The fraction of sp³-hybridized carbons (Fsp3) is 0.150. The van der Waals surface area contributed by atoms with Gasteiger partial charge in [0.2, 0.25) is 0 Å². The minimum Gasteiger partial charge on any atom is -0.351 e. The van der Waals surface area contributed by atoms with Crippen molar-refractivity contribution in [3.63, 3.8) is 0 Å². The maximum Gasteiger partial charge on any atom is 0.190 e. The third-order valence-electron chi connectivity index (χ3n) is 4.54. The molecular weight excluding hydrogens is 270 g/mol. The molecule has 0 bridgehead atoms. The van der Waals surface area contributed by atoms with Gasteiger partial charge >= 0.3 is 0 Å². The monoisotopic (exact) mass is 287 g/mol. The summed E-state index contributed by atoms with van der Waals surface area (Å²) in [5.41, 5.74) is 6.28. The van der Waals surface area contributed by atoms with Crippen molar-refractivity contribution >= 4 is 22.3 Å². The van der Waals surface area contributed by atoms with Gasteiger partial charge in [-0.15, -0.1) is 0 Å². The fourth-order valence-corrected chi connectivity index (χ4v) is 3.44. The van der Waals surface area contributed by atoms with Crippen molar-refractivity contribution in [3.8, 4) is 0 Å². The Hall–Kier alpha value is -2.61. The maximum absolute atomic E-state index is 12.6. The van der Waals surface area contributed by atoms with Gasteiger partial charge in [-0.25, -0.2) is 0 Å². The van der Waals surface area contributed by atoms with Crippen molar-refractivity contribution in [3.05, 3.63) is 77.0 Å². The average Bonchev–Trinajstić information content (AvgIpc) is 3.05. The second-order valence-corrected chi connectivity index (χ2v) is 5.78. The molecule has 0 fully saturated rings. The van der Waals surface area contributed by atoms with E-state index in [1.807, 2.05) is 25.2 Å². The highest BCUT2D eigenvalue weighted by Crippen LogP contribution is 2.39. The van der Waals surface area contributed by atoms with Gasteiger partial charge in [0.25, 0.3) is 0 Å². The number of nitrogens with zero attached hydrogens (tertiary/aromatic N) is 1. The highest BCUT2D eigenvalue weighted by Gasteiger charge is 2.28. The molecule has 0 atom stereocenters. The SMILES string of the molecule is CCC1=C(c2ccc3c(ccn3C)c2)c2ccccc2C1=O. The number of ketones is 1. The van der Waals surface area contributed by atoms with Crippen LogP contribution in [-0.2, 0) is 7.05 Å². The van der Waals surface area contributed by atoms with Crippen LogP contribution in [0.1, 0.15) is 34.8 Å². The molecule has 0 N–H and O–H groups in total. The Bertz CT molecular complexity index is 943. The molecule has 2 nitrogen and oxygen atoms in total. The molecule has 2 aromatic carbocycles. The van der Waals surface area contributed by atoms with Gasteiger partial charge in [0.15, 0.2) is 5.78 Å². The molecule has 0 unspecified atom stereocenters. The van der Waals surface area contributed by atoms with E-state index in [4.69, 9.17) is 0 Å². The van der Waals surface area contributed by atoms with Crippen LogP contribution in [0.15, 0.2) is 60.3 Å². The number of hydrogen-bond donors (Lipinski definition) is 0. The van der Waals surface area contributed by atoms with Gasteiger partial charge in [0.05, 0.1) is 0 Å². The normalized spacial score (nSPS) is 14.0. The Labute approximate surface area is 129 Å². The molecule has 1 heterocycles. The molecule has 1 aliphatic carbocycles. The predicted molar refractivity (Wildman–Crippen MR) is 90.0 cm³/mol. The molecule has 0 aliphatic heterocycles. The van der Waals surface area contributed by atoms with Crippen molar-refractivity contribution in [2.75, 3.05) is 0 Å². The Kier molecular flexibility index (Phi) is 2.80. The Morgan fingerprint density at radius 3 is 2.55 bits per heavy atom. The lowest BCUT2D eigenvalue weighted by molar-refractivity contribution is 0.103. The number of carbonyl (C=O) groups excluding carboxylic acids is 1. The molecule has 108 valence electrons. The van der Waals surface area contributed by atoms with E-state index in [2.05, 4.69) is 48.0 Å². The summed E-state index contributed by atoms with van der Waals surface area (Å²) < 4.78 is 2.11. The largest absolute Gasteiger partial charge is 0.351 e. The van der Waals surface area contributed by atoms with Crippen LogP contribution < -0.4 is 0 Å². The number of carbonyl (C=O) groups is 1. The minimum atomic E-state index is 0.182. The van der Waals surface area contributed by atoms with Gasteiger partial charge in [-0.1, -0.05) is 37.3 Å². The fourth-order valence-electron chi connectivity index (χ4n) is 3.44. The highest BCUT2D eigenvalue weighted by atomic mass is 16.1. The van der Waals surface area contributed by atoms with E-state index in [1.54, 1.807) is 0 Å². The molecule has 0 saturated carbocycles. The molecule has 1 aliphatic rings. The summed E-state index contributed by atoms with van der Waals surface area (Å²) in [6, 6.07) is 16.5. The number of aromatic nitrogens is 1. The van der Waals surface area contributed by atoms with Gasteiger partial charge in [0, 0.05) is 35.3 Å². The lowest BCUT2D eigenvalue weighted by Crippen LogP contribution is -1.97. The first-order valence-electron chi connectivity index (χ1n) is 7.63. The van der Waals surface area contributed by atoms with Crippen molar-refractivity contribution in [2.45, 2.75) is 13.3 Å². The standard InChI is InChI=1S/C20H17NO/c1-3-15-19(16-6-4-5-7-17(16)20(15)22)14-8-9-18-13(12-14)10-11-21(18)2/h4-12H,3H2,1-2H3. The molecular formula is C20H17NO. The Balaban J connectivity index is 1.98. The van der Waals surface area contributed by atoms with Crippen LogP contribution in [0, 0.1) is 0 Å². The topological polar surface area (TPSA) is 22.0 Å². The summed E-state index contributed by atoms with van der Waals surface area (Å²) in [5.74, 6) is 0.182. The summed E-state index contributed by atoms with van der Waals surface area (Å²) >= 11 is 0. The number of rotatable bonds is 2. The van der Waals surface area contributed by atoms with Crippen LogP contribution in [-0.4, -0.2) is 10.4 Å². The maximum atomic E-state index is 12.6. The summed E-state index contributed by atoms with van der Waals surface area (Å²) in [4.78, 5) is 12.6. The molecule has 3 aromatic rings. The van der Waals surface area contributed by atoms with E-state index in [9.17, 15) is 4.79 Å². The molecule has 0 radical (unpaired) electrons. The summed E-state index contributed by atoms with van der Waals surface area (Å²) in [7, 11) is 2.05. The molecule has 4 rings (SSSR count). The molecule has 0 spiro atoms.